The quantitative estimate of drug-likeness (QED) is 0.176. The molecule has 2 heteroatoms. The van der Waals surface area contributed by atoms with Crippen molar-refractivity contribution < 1.29 is 0 Å². The zero-order valence-corrected chi connectivity index (χ0v) is 29.5. The minimum absolute atomic E-state index is 0.0824. The molecule has 0 aliphatic heterocycles. The Hall–Kier alpha value is -4.24. The summed E-state index contributed by atoms with van der Waals surface area (Å²) in [5.74, 6) is 0. The third-order valence-corrected chi connectivity index (χ3v) is 13.0. The van der Waals surface area contributed by atoms with Crippen molar-refractivity contribution in [3.05, 3.63) is 153 Å². The molecule has 0 radical (unpaired) electrons. The Bertz CT molecular complexity index is 2330. The first-order valence-electron chi connectivity index (χ1n) is 16.7. The minimum Gasteiger partial charge on any atom is -0.138 e. The molecule has 0 nitrogen and oxygen atoms in total. The molecule has 2 aromatic heterocycles. The largest absolute Gasteiger partial charge is 0.138 e. The first kappa shape index (κ1) is 28.9. The van der Waals surface area contributed by atoms with Gasteiger partial charge in [-0.2, -0.15) is 0 Å². The smallest absolute Gasteiger partial charge is 0.0900 e. The van der Waals surface area contributed by atoms with Crippen molar-refractivity contribution in [1.82, 2.24) is 0 Å². The lowest BCUT2D eigenvalue weighted by molar-refractivity contribution is 0.589. The van der Waals surface area contributed by atoms with Crippen molar-refractivity contribution in [3.63, 3.8) is 0 Å². The van der Waals surface area contributed by atoms with E-state index in [0.29, 0.717) is 0 Å². The van der Waals surface area contributed by atoms with Crippen molar-refractivity contribution >= 4 is 64.4 Å². The molecule has 47 heavy (non-hydrogen) atoms. The van der Waals surface area contributed by atoms with Crippen molar-refractivity contribution in [2.75, 3.05) is 0 Å². The average molecular weight is 643 g/mol. The zero-order chi connectivity index (χ0) is 32.3. The first-order chi connectivity index (χ1) is 22.6. The summed E-state index contributed by atoms with van der Waals surface area (Å²) in [6.07, 6.45) is 0. The molecule has 230 valence electrons. The van der Waals surface area contributed by atoms with Gasteiger partial charge in [0.2, 0.25) is 0 Å². The SMILES string of the molecule is CC(C)(C)c1ccc(C2(c3ccc(C(C)(C)C)cc3)c3sc4ccc5ccccc5c4c3-c3c2sc2ccc4ccccc4c32)cc1. The highest BCUT2D eigenvalue weighted by atomic mass is 32.1. The van der Waals surface area contributed by atoms with E-state index in [0.717, 1.165) is 0 Å². The first-order valence-corrected chi connectivity index (χ1v) is 18.3. The van der Waals surface area contributed by atoms with E-state index in [1.54, 1.807) is 0 Å². The second-order valence-electron chi connectivity index (χ2n) is 15.3. The van der Waals surface area contributed by atoms with Crippen LogP contribution in [0.3, 0.4) is 0 Å². The minimum atomic E-state index is -0.424. The average Bonchev–Trinajstić information content (AvgIpc) is 3.71. The van der Waals surface area contributed by atoms with Crippen LogP contribution >= 0.6 is 22.7 Å². The van der Waals surface area contributed by atoms with Crippen molar-refractivity contribution in [2.45, 2.75) is 57.8 Å². The van der Waals surface area contributed by atoms with E-state index in [1.165, 1.54) is 84.9 Å². The maximum atomic E-state index is 2.43. The van der Waals surface area contributed by atoms with Gasteiger partial charge in [0.1, 0.15) is 0 Å². The van der Waals surface area contributed by atoms with E-state index in [-0.39, 0.29) is 10.8 Å². The Kier molecular flexibility index (Phi) is 6.09. The van der Waals surface area contributed by atoms with Gasteiger partial charge in [-0.15, -0.1) is 22.7 Å². The van der Waals surface area contributed by atoms with Gasteiger partial charge in [-0.25, -0.2) is 0 Å². The molecule has 0 atom stereocenters. The number of hydrogen-bond acceptors (Lipinski definition) is 2. The van der Waals surface area contributed by atoms with Crippen LogP contribution in [0.25, 0.3) is 52.8 Å². The Balaban J connectivity index is 1.50. The fraction of sp³-hybridized carbons (Fsp3) is 0.200. The van der Waals surface area contributed by atoms with Crippen LogP contribution in [0, 0.1) is 0 Å². The second kappa shape index (κ2) is 9.89. The van der Waals surface area contributed by atoms with Crippen LogP contribution in [0.2, 0.25) is 0 Å². The van der Waals surface area contributed by atoms with Crippen LogP contribution in [0.1, 0.15) is 73.6 Å². The molecule has 0 fully saturated rings. The highest BCUT2D eigenvalue weighted by molar-refractivity contribution is 7.23. The number of thiophene rings is 2. The third kappa shape index (κ3) is 4.04. The molecule has 0 amide bonds. The van der Waals surface area contributed by atoms with Crippen molar-refractivity contribution in [2.24, 2.45) is 0 Å². The lowest BCUT2D eigenvalue weighted by Crippen LogP contribution is -2.27. The molecule has 9 rings (SSSR count). The second-order valence-corrected chi connectivity index (χ2v) is 17.4. The van der Waals surface area contributed by atoms with Crippen LogP contribution in [0.15, 0.2) is 121 Å². The van der Waals surface area contributed by atoms with Crippen LogP contribution in [0.5, 0.6) is 0 Å². The topological polar surface area (TPSA) is 0 Å². The Morgan fingerprint density at radius 2 is 0.809 bits per heavy atom. The normalized spacial score (nSPS) is 14.3. The zero-order valence-electron chi connectivity index (χ0n) is 27.9. The summed E-state index contributed by atoms with van der Waals surface area (Å²) in [6.45, 7) is 13.9. The van der Waals surface area contributed by atoms with Crippen molar-refractivity contribution in [3.8, 4) is 11.1 Å². The van der Waals surface area contributed by atoms with E-state index in [9.17, 15) is 0 Å². The molecule has 0 spiro atoms. The number of hydrogen-bond donors (Lipinski definition) is 0. The molecule has 0 bridgehead atoms. The molecular formula is C45H38S2. The molecule has 0 saturated heterocycles. The van der Waals surface area contributed by atoms with Crippen LogP contribution in [-0.2, 0) is 16.2 Å². The van der Waals surface area contributed by atoms with Crippen LogP contribution in [0.4, 0.5) is 0 Å². The Morgan fingerprint density at radius 1 is 0.426 bits per heavy atom. The van der Waals surface area contributed by atoms with Gasteiger partial charge >= 0.3 is 0 Å². The highest BCUT2D eigenvalue weighted by Gasteiger charge is 2.51. The summed E-state index contributed by atoms with van der Waals surface area (Å²) < 4.78 is 2.72. The fourth-order valence-electron chi connectivity index (χ4n) is 7.98. The fourth-order valence-corrected chi connectivity index (χ4v) is 11.0. The maximum Gasteiger partial charge on any atom is 0.0900 e. The summed E-state index contributed by atoms with van der Waals surface area (Å²) in [5.41, 5.74) is 8.02. The van der Waals surface area contributed by atoms with E-state index in [4.69, 9.17) is 0 Å². The number of benzene rings is 6. The summed E-state index contributed by atoms with van der Waals surface area (Å²) >= 11 is 4.00. The van der Waals surface area contributed by atoms with Crippen LogP contribution in [-0.4, -0.2) is 0 Å². The maximum absolute atomic E-state index is 2.43. The molecular weight excluding hydrogens is 605 g/mol. The van der Waals surface area contributed by atoms with Gasteiger partial charge in [0.05, 0.1) is 5.41 Å². The van der Waals surface area contributed by atoms with Gasteiger partial charge in [0.15, 0.2) is 0 Å². The summed E-state index contributed by atoms with van der Waals surface area (Å²) in [4.78, 5) is 2.90. The lowest BCUT2D eigenvalue weighted by Gasteiger charge is -2.33. The summed E-state index contributed by atoms with van der Waals surface area (Å²) in [7, 11) is 0. The summed E-state index contributed by atoms with van der Waals surface area (Å²) in [5, 5.41) is 8.08. The molecule has 1 aliphatic rings. The monoisotopic (exact) mass is 642 g/mol. The molecule has 6 aromatic carbocycles. The Morgan fingerprint density at radius 3 is 1.19 bits per heavy atom. The van der Waals surface area contributed by atoms with Gasteiger partial charge in [-0.3, -0.25) is 0 Å². The van der Waals surface area contributed by atoms with E-state index >= 15 is 0 Å². The number of rotatable bonds is 2. The predicted octanol–water partition coefficient (Wildman–Crippen LogP) is 13.4. The Labute approximate surface area is 285 Å². The molecule has 1 aliphatic carbocycles. The van der Waals surface area contributed by atoms with Gasteiger partial charge in [0, 0.05) is 41.1 Å². The van der Waals surface area contributed by atoms with Crippen molar-refractivity contribution in [1.29, 1.82) is 0 Å². The van der Waals surface area contributed by atoms with Gasteiger partial charge in [-0.05, 0) is 66.8 Å². The number of fused-ring (bicyclic) bond motifs is 11. The van der Waals surface area contributed by atoms with Gasteiger partial charge in [0.25, 0.3) is 0 Å². The molecule has 2 heterocycles. The molecule has 8 aromatic rings. The standard InChI is InChI=1S/C45H38S2/c1-43(2,3)29-17-21-31(22-18-29)45(32-23-19-30(20-24-32)44(4,5)6)41-39(37-33-13-9-7-11-27(33)15-25-35(37)46-41)40-38-34-14-10-8-12-28(34)16-26-36(38)47-42(40)45/h7-26H,1-6H3. The van der Waals surface area contributed by atoms with Gasteiger partial charge < -0.3 is 0 Å². The van der Waals surface area contributed by atoms with E-state index in [1.807, 2.05) is 22.7 Å². The summed E-state index contributed by atoms with van der Waals surface area (Å²) in [6, 6.07) is 46.5. The third-order valence-electron chi connectivity index (χ3n) is 10.5. The molecule has 0 unspecified atom stereocenters. The molecule has 0 N–H and O–H groups in total. The highest BCUT2D eigenvalue weighted by Crippen LogP contribution is 2.66. The van der Waals surface area contributed by atoms with Crippen LogP contribution < -0.4 is 0 Å². The predicted molar refractivity (Wildman–Crippen MR) is 207 cm³/mol. The lowest BCUT2D eigenvalue weighted by atomic mass is 9.72. The van der Waals surface area contributed by atoms with Gasteiger partial charge in [-0.1, -0.05) is 151 Å². The molecule has 0 saturated carbocycles. The van der Waals surface area contributed by atoms with E-state index < -0.39 is 5.41 Å². The van der Waals surface area contributed by atoms with E-state index in [2.05, 4.69) is 163 Å².